The Bertz CT molecular complexity index is 405. The standard InChI is InChI=1S/C13H17F3N2O/c1-17-11-6-7-18(9-11)8-10-2-4-12(5-3-10)19-13(14,15)16/h2-5,11,17H,6-9H2,1H3. The number of halogens is 3. The fraction of sp³-hybridized carbons (Fsp3) is 0.538. The molecule has 1 unspecified atom stereocenters. The van der Waals surface area contributed by atoms with Crippen molar-refractivity contribution in [3.8, 4) is 5.75 Å². The summed E-state index contributed by atoms with van der Waals surface area (Å²) in [4.78, 5) is 2.28. The molecule has 106 valence electrons. The molecule has 0 radical (unpaired) electrons. The summed E-state index contributed by atoms with van der Waals surface area (Å²) in [5.74, 6) is -0.175. The molecule has 1 heterocycles. The van der Waals surface area contributed by atoms with Crippen LogP contribution in [0.15, 0.2) is 24.3 Å². The smallest absolute Gasteiger partial charge is 0.406 e. The van der Waals surface area contributed by atoms with Crippen LogP contribution < -0.4 is 10.1 Å². The second kappa shape index (κ2) is 5.79. The molecule has 2 rings (SSSR count). The Morgan fingerprint density at radius 2 is 2.00 bits per heavy atom. The summed E-state index contributed by atoms with van der Waals surface area (Å²) in [6, 6.07) is 6.57. The number of alkyl halides is 3. The number of hydrogen-bond donors (Lipinski definition) is 1. The van der Waals surface area contributed by atoms with Crippen molar-refractivity contribution in [2.45, 2.75) is 25.4 Å². The Morgan fingerprint density at radius 1 is 1.32 bits per heavy atom. The van der Waals surface area contributed by atoms with Gasteiger partial charge in [0.25, 0.3) is 0 Å². The van der Waals surface area contributed by atoms with Gasteiger partial charge in [0, 0.05) is 25.7 Å². The monoisotopic (exact) mass is 274 g/mol. The Kier molecular flexibility index (Phi) is 4.31. The molecule has 1 N–H and O–H groups in total. The second-order valence-corrected chi connectivity index (χ2v) is 4.70. The molecule has 1 aliphatic heterocycles. The molecule has 0 bridgehead atoms. The first-order valence-electron chi connectivity index (χ1n) is 6.20. The molecule has 1 saturated heterocycles. The predicted octanol–water partition coefficient (Wildman–Crippen LogP) is 2.38. The SMILES string of the molecule is CNC1CCN(Cc2ccc(OC(F)(F)F)cc2)C1. The van der Waals surface area contributed by atoms with Crippen LogP contribution in [0.3, 0.4) is 0 Å². The molecule has 0 spiro atoms. The van der Waals surface area contributed by atoms with Gasteiger partial charge in [-0.05, 0) is 31.2 Å². The fourth-order valence-electron chi connectivity index (χ4n) is 2.27. The van der Waals surface area contributed by atoms with Crippen LogP contribution in [0.5, 0.6) is 5.75 Å². The number of nitrogens with one attached hydrogen (secondary N) is 1. The Morgan fingerprint density at radius 3 is 2.53 bits per heavy atom. The third-order valence-corrected chi connectivity index (χ3v) is 3.24. The van der Waals surface area contributed by atoms with E-state index in [0.29, 0.717) is 6.04 Å². The van der Waals surface area contributed by atoms with Crippen molar-refractivity contribution in [2.24, 2.45) is 0 Å². The zero-order valence-corrected chi connectivity index (χ0v) is 10.7. The first-order chi connectivity index (χ1) is 8.96. The van der Waals surface area contributed by atoms with E-state index in [-0.39, 0.29) is 5.75 Å². The molecule has 1 atom stereocenters. The average Bonchev–Trinajstić information content (AvgIpc) is 2.77. The van der Waals surface area contributed by atoms with E-state index in [1.807, 2.05) is 7.05 Å². The molecular formula is C13H17F3N2O. The van der Waals surface area contributed by atoms with Gasteiger partial charge in [-0.25, -0.2) is 0 Å². The number of benzene rings is 1. The van der Waals surface area contributed by atoms with E-state index in [1.54, 1.807) is 12.1 Å². The Balaban J connectivity index is 1.89. The van der Waals surface area contributed by atoms with Crippen molar-refractivity contribution in [1.29, 1.82) is 0 Å². The van der Waals surface area contributed by atoms with Gasteiger partial charge in [0.1, 0.15) is 5.75 Å². The Labute approximate surface area is 110 Å². The van der Waals surface area contributed by atoms with Gasteiger partial charge >= 0.3 is 6.36 Å². The molecular weight excluding hydrogens is 257 g/mol. The number of nitrogens with zero attached hydrogens (tertiary/aromatic N) is 1. The molecule has 1 aliphatic rings. The van der Waals surface area contributed by atoms with Crippen molar-refractivity contribution in [1.82, 2.24) is 10.2 Å². The van der Waals surface area contributed by atoms with E-state index in [9.17, 15) is 13.2 Å². The van der Waals surface area contributed by atoms with Gasteiger partial charge in [-0.15, -0.1) is 13.2 Å². The van der Waals surface area contributed by atoms with Crippen molar-refractivity contribution in [3.05, 3.63) is 29.8 Å². The van der Waals surface area contributed by atoms with Crippen LogP contribution in [0.25, 0.3) is 0 Å². The maximum atomic E-state index is 12.0. The highest BCUT2D eigenvalue weighted by Crippen LogP contribution is 2.23. The third kappa shape index (κ3) is 4.40. The number of rotatable bonds is 4. The van der Waals surface area contributed by atoms with Gasteiger partial charge in [0.2, 0.25) is 0 Å². The van der Waals surface area contributed by atoms with E-state index < -0.39 is 6.36 Å². The summed E-state index contributed by atoms with van der Waals surface area (Å²) in [5.41, 5.74) is 0.992. The zero-order chi connectivity index (χ0) is 13.9. The summed E-state index contributed by atoms with van der Waals surface area (Å²) >= 11 is 0. The topological polar surface area (TPSA) is 24.5 Å². The lowest BCUT2D eigenvalue weighted by molar-refractivity contribution is -0.274. The van der Waals surface area contributed by atoms with E-state index in [1.165, 1.54) is 12.1 Å². The highest BCUT2D eigenvalue weighted by atomic mass is 19.4. The van der Waals surface area contributed by atoms with Crippen LogP contribution in [0.1, 0.15) is 12.0 Å². The molecule has 0 saturated carbocycles. The van der Waals surface area contributed by atoms with Crippen LogP contribution in [-0.2, 0) is 6.54 Å². The van der Waals surface area contributed by atoms with Crippen molar-refractivity contribution < 1.29 is 17.9 Å². The largest absolute Gasteiger partial charge is 0.573 e. The summed E-state index contributed by atoms with van der Waals surface area (Å²) in [7, 11) is 1.94. The Hall–Kier alpha value is -1.27. The number of likely N-dealkylation sites (tertiary alicyclic amines) is 1. The molecule has 0 amide bonds. The molecule has 6 heteroatoms. The quantitative estimate of drug-likeness (QED) is 0.912. The predicted molar refractivity (Wildman–Crippen MR) is 65.9 cm³/mol. The van der Waals surface area contributed by atoms with Gasteiger partial charge in [0.05, 0.1) is 0 Å². The molecule has 0 aliphatic carbocycles. The molecule has 1 fully saturated rings. The third-order valence-electron chi connectivity index (χ3n) is 3.24. The first-order valence-corrected chi connectivity index (χ1v) is 6.20. The normalized spacial score (nSPS) is 20.7. The van der Waals surface area contributed by atoms with Crippen LogP contribution >= 0.6 is 0 Å². The molecule has 1 aromatic carbocycles. The minimum Gasteiger partial charge on any atom is -0.406 e. The van der Waals surface area contributed by atoms with E-state index >= 15 is 0 Å². The van der Waals surface area contributed by atoms with E-state index in [4.69, 9.17) is 0 Å². The summed E-state index contributed by atoms with van der Waals surface area (Å²) in [6.45, 7) is 2.73. The van der Waals surface area contributed by atoms with Crippen molar-refractivity contribution in [2.75, 3.05) is 20.1 Å². The lowest BCUT2D eigenvalue weighted by Gasteiger charge is -2.16. The minimum absolute atomic E-state index is 0.175. The first kappa shape index (κ1) is 14.1. The maximum Gasteiger partial charge on any atom is 0.573 e. The lowest BCUT2D eigenvalue weighted by atomic mass is 10.2. The summed E-state index contributed by atoms with van der Waals surface area (Å²) < 4.78 is 39.9. The average molecular weight is 274 g/mol. The van der Waals surface area contributed by atoms with E-state index in [2.05, 4.69) is 15.0 Å². The molecule has 0 aromatic heterocycles. The van der Waals surface area contributed by atoms with Crippen LogP contribution in [0.2, 0.25) is 0 Å². The molecule has 3 nitrogen and oxygen atoms in total. The van der Waals surface area contributed by atoms with Crippen molar-refractivity contribution >= 4 is 0 Å². The highest BCUT2D eigenvalue weighted by Gasteiger charge is 2.31. The van der Waals surface area contributed by atoms with Gasteiger partial charge in [-0.3, -0.25) is 4.90 Å². The second-order valence-electron chi connectivity index (χ2n) is 4.70. The summed E-state index contributed by atoms with van der Waals surface area (Å²) in [5, 5.41) is 3.23. The molecule has 1 aromatic rings. The van der Waals surface area contributed by atoms with Gasteiger partial charge in [-0.2, -0.15) is 0 Å². The highest BCUT2D eigenvalue weighted by molar-refractivity contribution is 5.27. The fourth-order valence-corrected chi connectivity index (χ4v) is 2.27. The van der Waals surface area contributed by atoms with E-state index in [0.717, 1.165) is 31.6 Å². The summed E-state index contributed by atoms with van der Waals surface area (Å²) in [6.07, 6.45) is -3.53. The maximum absolute atomic E-state index is 12.0. The number of ether oxygens (including phenoxy) is 1. The molecule has 19 heavy (non-hydrogen) atoms. The van der Waals surface area contributed by atoms with Gasteiger partial charge < -0.3 is 10.1 Å². The van der Waals surface area contributed by atoms with Crippen LogP contribution in [-0.4, -0.2) is 37.4 Å². The lowest BCUT2D eigenvalue weighted by Crippen LogP contribution is -2.29. The van der Waals surface area contributed by atoms with Crippen LogP contribution in [0.4, 0.5) is 13.2 Å². The van der Waals surface area contributed by atoms with Gasteiger partial charge in [0.15, 0.2) is 0 Å². The number of hydrogen-bond acceptors (Lipinski definition) is 3. The minimum atomic E-state index is -4.63. The van der Waals surface area contributed by atoms with Gasteiger partial charge in [-0.1, -0.05) is 12.1 Å². The van der Waals surface area contributed by atoms with Crippen molar-refractivity contribution in [3.63, 3.8) is 0 Å². The zero-order valence-electron chi connectivity index (χ0n) is 10.7. The van der Waals surface area contributed by atoms with Crippen LogP contribution in [0, 0.1) is 0 Å². The number of likely N-dealkylation sites (N-methyl/N-ethyl adjacent to an activating group) is 1.